The third kappa shape index (κ3) is 6.48. The van der Waals surface area contributed by atoms with Crippen LogP contribution in [0.4, 0.5) is 11.4 Å². The molecule has 0 bridgehead atoms. The van der Waals surface area contributed by atoms with Crippen molar-refractivity contribution < 1.29 is 19.1 Å². The Morgan fingerprint density at radius 3 is 2.41 bits per heavy atom. The highest BCUT2D eigenvalue weighted by Gasteiger charge is 2.35. The molecule has 4 rings (SSSR count). The van der Waals surface area contributed by atoms with E-state index >= 15 is 0 Å². The fourth-order valence-electron chi connectivity index (χ4n) is 4.07. The van der Waals surface area contributed by atoms with E-state index in [1.165, 1.54) is 5.56 Å². The van der Waals surface area contributed by atoms with E-state index in [4.69, 9.17) is 32.7 Å². The SMILES string of the molecule is CCOc1cc(NNC(=O)[C@@H]2CC(=O)N(c3ccc(CC)cc3)C2)ccc1OCc1c(Cl)cccc1Cl. The first-order valence-electron chi connectivity index (χ1n) is 12.2. The van der Waals surface area contributed by atoms with Crippen LogP contribution in [0.5, 0.6) is 11.5 Å². The Balaban J connectivity index is 1.36. The number of nitrogens with zero attached hydrogens (tertiary/aromatic N) is 1. The van der Waals surface area contributed by atoms with Crippen LogP contribution in [-0.4, -0.2) is 25.0 Å². The minimum Gasteiger partial charge on any atom is -0.490 e. The third-order valence-electron chi connectivity index (χ3n) is 6.16. The number of nitrogens with one attached hydrogen (secondary N) is 2. The van der Waals surface area contributed by atoms with Crippen LogP contribution < -0.4 is 25.2 Å². The van der Waals surface area contributed by atoms with Crippen LogP contribution in [0.25, 0.3) is 0 Å². The molecule has 3 aromatic carbocycles. The van der Waals surface area contributed by atoms with Crippen molar-refractivity contribution in [1.29, 1.82) is 0 Å². The molecule has 1 fully saturated rings. The molecule has 0 radical (unpaired) electrons. The second kappa shape index (κ2) is 12.2. The molecule has 2 amide bonds. The van der Waals surface area contributed by atoms with Crippen LogP contribution >= 0.6 is 23.2 Å². The van der Waals surface area contributed by atoms with Crippen molar-refractivity contribution in [2.75, 3.05) is 23.5 Å². The predicted octanol–water partition coefficient (Wildman–Crippen LogP) is 6.03. The zero-order valence-corrected chi connectivity index (χ0v) is 22.2. The van der Waals surface area contributed by atoms with Gasteiger partial charge in [-0.2, -0.15) is 0 Å². The number of hydrogen-bond donors (Lipinski definition) is 2. The molecular formula is C28H29Cl2N3O4. The van der Waals surface area contributed by atoms with E-state index in [9.17, 15) is 9.59 Å². The van der Waals surface area contributed by atoms with Gasteiger partial charge in [0.05, 0.1) is 18.2 Å². The zero-order valence-electron chi connectivity index (χ0n) is 20.7. The number of carbonyl (C=O) groups is 2. The minimum absolute atomic E-state index is 0.0665. The molecule has 37 heavy (non-hydrogen) atoms. The normalized spacial score (nSPS) is 15.0. The van der Waals surface area contributed by atoms with E-state index in [-0.39, 0.29) is 24.8 Å². The lowest BCUT2D eigenvalue weighted by Gasteiger charge is -2.18. The second-order valence-corrected chi connectivity index (χ2v) is 9.44. The van der Waals surface area contributed by atoms with Gasteiger partial charge in [0.1, 0.15) is 6.61 Å². The average molecular weight is 542 g/mol. The first-order valence-corrected chi connectivity index (χ1v) is 12.9. The highest BCUT2D eigenvalue weighted by Crippen LogP contribution is 2.33. The molecule has 3 aromatic rings. The van der Waals surface area contributed by atoms with Crippen LogP contribution in [0.3, 0.4) is 0 Å². The Bertz CT molecular complexity index is 1250. The summed E-state index contributed by atoms with van der Waals surface area (Å²) in [4.78, 5) is 27.0. The molecular weight excluding hydrogens is 513 g/mol. The van der Waals surface area contributed by atoms with Crippen LogP contribution in [0.2, 0.25) is 10.0 Å². The number of benzene rings is 3. The molecule has 2 N–H and O–H groups in total. The summed E-state index contributed by atoms with van der Waals surface area (Å²) >= 11 is 12.5. The summed E-state index contributed by atoms with van der Waals surface area (Å²) in [6, 6.07) is 18.4. The highest BCUT2D eigenvalue weighted by molar-refractivity contribution is 6.35. The number of hydrazine groups is 1. The number of rotatable bonds is 10. The summed E-state index contributed by atoms with van der Waals surface area (Å²) < 4.78 is 11.7. The molecule has 1 aliphatic heterocycles. The van der Waals surface area contributed by atoms with Gasteiger partial charge in [-0.3, -0.25) is 20.4 Å². The van der Waals surface area contributed by atoms with Crippen LogP contribution in [-0.2, 0) is 22.6 Å². The Morgan fingerprint density at radius 1 is 1.00 bits per heavy atom. The van der Waals surface area contributed by atoms with Gasteiger partial charge >= 0.3 is 0 Å². The predicted molar refractivity (Wildman–Crippen MR) is 146 cm³/mol. The largest absolute Gasteiger partial charge is 0.490 e. The number of ether oxygens (including phenoxy) is 2. The molecule has 1 heterocycles. The van der Waals surface area contributed by atoms with E-state index in [1.54, 1.807) is 41.3 Å². The second-order valence-electron chi connectivity index (χ2n) is 8.62. The van der Waals surface area contributed by atoms with Gasteiger partial charge in [0.15, 0.2) is 11.5 Å². The molecule has 1 aliphatic rings. The summed E-state index contributed by atoms with van der Waals surface area (Å²) in [5.41, 5.74) is 8.93. The lowest BCUT2D eigenvalue weighted by Crippen LogP contribution is -2.36. The summed E-state index contributed by atoms with van der Waals surface area (Å²) in [5.74, 6) is 0.236. The molecule has 194 valence electrons. The van der Waals surface area contributed by atoms with Crippen LogP contribution in [0, 0.1) is 5.92 Å². The van der Waals surface area contributed by atoms with Crippen molar-refractivity contribution in [3.63, 3.8) is 0 Å². The number of carbonyl (C=O) groups excluding carboxylic acids is 2. The third-order valence-corrected chi connectivity index (χ3v) is 6.87. The number of hydrogen-bond acceptors (Lipinski definition) is 5. The Kier molecular flexibility index (Phi) is 8.79. The van der Waals surface area contributed by atoms with Gasteiger partial charge in [0.2, 0.25) is 11.8 Å². The maximum absolute atomic E-state index is 12.8. The maximum Gasteiger partial charge on any atom is 0.243 e. The molecule has 1 atom stereocenters. The van der Waals surface area contributed by atoms with Crippen molar-refractivity contribution in [3.05, 3.63) is 81.8 Å². The van der Waals surface area contributed by atoms with E-state index in [0.717, 1.165) is 12.1 Å². The van der Waals surface area contributed by atoms with Gasteiger partial charge in [0.25, 0.3) is 0 Å². The molecule has 0 unspecified atom stereocenters. The summed E-state index contributed by atoms with van der Waals surface area (Å²) in [6.07, 6.45) is 1.09. The first-order chi connectivity index (χ1) is 17.9. The molecule has 0 spiro atoms. The van der Waals surface area contributed by atoms with Crippen molar-refractivity contribution in [2.45, 2.75) is 33.3 Å². The van der Waals surface area contributed by atoms with Crippen molar-refractivity contribution in [1.82, 2.24) is 5.43 Å². The summed E-state index contributed by atoms with van der Waals surface area (Å²) in [7, 11) is 0. The molecule has 0 aliphatic carbocycles. The Hall–Kier alpha value is -3.42. The summed E-state index contributed by atoms with van der Waals surface area (Å²) in [5, 5.41) is 1.04. The fraction of sp³-hybridized carbons (Fsp3) is 0.286. The lowest BCUT2D eigenvalue weighted by molar-refractivity contribution is -0.125. The Morgan fingerprint density at radius 2 is 1.73 bits per heavy atom. The van der Waals surface area contributed by atoms with E-state index in [1.807, 2.05) is 31.2 Å². The zero-order chi connectivity index (χ0) is 26.4. The van der Waals surface area contributed by atoms with Crippen molar-refractivity contribution in [2.24, 2.45) is 5.92 Å². The smallest absolute Gasteiger partial charge is 0.243 e. The average Bonchev–Trinajstić information content (AvgIpc) is 3.29. The minimum atomic E-state index is -0.458. The number of amides is 2. The van der Waals surface area contributed by atoms with Crippen LogP contribution in [0.1, 0.15) is 31.4 Å². The summed E-state index contributed by atoms with van der Waals surface area (Å²) in [6.45, 7) is 4.89. The van der Waals surface area contributed by atoms with E-state index < -0.39 is 5.92 Å². The van der Waals surface area contributed by atoms with Crippen molar-refractivity contribution >= 4 is 46.4 Å². The maximum atomic E-state index is 12.8. The Labute approximate surface area is 226 Å². The molecule has 1 saturated heterocycles. The van der Waals surface area contributed by atoms with Crippen LogP contribution in [0.15, 0.2) is 60.7 Å². The lowest BCUT2D eigenvalue weighted by atomic mass is 10.1. The highest BCUT2D eigenvalue weighted by atomic mass is 35.5. The van der Waals surface area contributed by atoms with Gasteiger partial charge in [-0.25, -0.2) is 0 Å². The standard InChI is InChI=1S/C28H29Cl2N3O4/c1-3-18-8-11-21(12-9-18)33-16-19(14-27(33)34)28(35)32-31-20-10-13-25(26(15-20)36-4-2)37-17-22-23(29)6-5-7-24(22)30/h5-13,15,19,31H,3-4,14,16-17H2,1-2H3,(H,32,35)/t19-/m1/s1. The van der Waals surface area contributed by atoms with E-state index in [2.05, 4.69) is 17.8 Å². The topological polar surface area (TPSA) is 79.9 Å². The van der Waals surface area contributed by atoms with Gasteiger partial charge in [-0.05, 0) is 55.3 Å². The van der Waals surface area contributed by atoms with Gasteiger partial charge in [-0.1, -0.05) is 48.3 Å². The quantitative estimate of drug-likeness (QED) is 0.306. The molecule has 7 nitrogen and oxygen atoms in total. The van der Waals surface area contributed by atoms with Gasteiger partial charge in [-0.15, -0.1) is 0 Å². The number of aryl methyl sites for hydroxylation is 1. The van der Waals surface area contributed by atoms with Crippen molar-refractivity contribution in [3.8, 4) is 11.5 Å². The van der Waals surface area contributed by atoms with E-state index in [0.29, 0.717) is 45.9 Å². The van der Waals surface area contributed by atoms with Gasteiger partial charge < -0.3 is 14.4 Å². The van der Waals surface area contributed by atoms with Gasteiger partial charge in [0, 0.05) is 40.3 Å². The number of halogens is 2. The molecule has 0 aromatic heterocycles. The molecule has 9 heteroatoms. The monoisotopic (exact) mass is 541 g/mol. The first kappa shape index (κ1) is 26.6. The molecule has 0 saturated carbocycles. The fourth-order valence-corrected chi connectivity index (χ4v) is 4.58. The number of anilines is 2.